The molecule has 1 aromatic heterocycles. The van der Waals surface area contributed by atoms with Crippen LogP contribution in [0.15, 0.2) is 65.8 Å². The molecule has 46 heavy (non-hydrogen) atoms. The Morgan fingerprint density at radius 3 is 2.20 bits per heavy atom. The fourth-order valence-corrected chi connectivity index (χ4v) is 6.00. The molecule has 0 radical (unpaired) electrons. The van der Waals surface area contributed by atoms with Crippen molar-refractivity contribution in [3.05, 3.63) is 83.2 Å². The standard InChI is InChI=1S/C31H35F5N4O5S/c1-3-30(32,33)45-19-25-12-7-22(20-5-10-24(11-6-20)31(34,35)36)17-40(25)29-37-15-23(16-38-29)28(42)39-27(18-41)21-8-13-26(14-9-21)46(43,44)4-2/h5-6,8-11,13-16,22,25,27,41H,3-4,7,12,17-19H2,1-2H3,(H,39,42)/t22-,25-,27-/m0/s1. The summed E-state index contributed by atoms with van der Waals surface area (Å²) in [5.41, 5.74) is 0.369. The van der Waals surface area contributed by atoms with Crippen molar-refractivity contribution in [3.8, 4) is 0 Å². The number of halogens is 5. The van der Waals surface area contributed by atoms with Crippen molar-refractivity contribution < 1.29 is 45.0 Å². The summed E-state index contributed by atoms with van der Waals surface area (Å²) >= 11 is 0. The van der Waals surface area contributed by atoms with Gasteiger partial charge in [0, 0.05) is 31.3 Å². The van der Waals surface area contributed by atoms with Gasteiger partial charge in [0.2, 0.25) is 5.95 Å². The summed E-state index contributed by atoms with van der Waals surface area (Å²) in [5.74, 6) is -0.831. The van der Waals surface area contributed by atoms with Gasteiger partial charge in [0.05, 0.1) is 47.1 Å². The van der Waals surface area contributed by atoms with Crippen LogP contribution in [-0.2, 0) is 20.8 Å². The molecule has 1 aliphatic heterocycles. The van der Waals surface area contributed by atoms with Crippen molar-refractivity contribution in [2.45, 2.75) is 68.3 Å². The van der Waals surface area contributed by atoms with E-state index in [0.29, 0.717) is 24.0 Å². The van der Waals surface area contributed by atoms with E-state index in [0.717, 1.165) is 12.1 Å². The average molecular weight is 671 g/mol. The number of aromatic nitrogens is 2. The Bertz CT molecular complexity index is 1570. The summed E-state index contributed by atoms with van der Waals surface area (Å²) in [6, 6.07) is 9.16. The van der Waals surface area contributed by atoms with E-state index in [1.54, 1.807) is 4.90 Å². The Kier molecular flexibility index (Phi) is 11.0. The van der Waals surface area contributed by atoms with Crippen LogP contribution in [-0.4, -0.2) is 67.1 Å². The van der Waals surface area contributed by atoms with E-state index in [1.165, 1.54) is 62.6 Å². The highest BCUT2D eigenvalue weighted by atomic mass is 32.2. The number of benzene rings is 2. The first-order valence-electron chi connectivity index (χ1n) is 14.7. The third-order valence-corrected chi connectivity index (χ3v) is 9.73. The molecule has 3 aromatic rings. The maximum absolute atomic E-state index is 13.9. The number of alkyl halides is 5. The van der Waals surface area contributed by atoms with Crippen LogP contribution in [0.1, 0.15) is 72.1 Å². The highest BCUT2D eigenvalue weighted by molar-refractivity contribution is 7.91. The lowest BCUT2D eigenvalue weighted by Crippen LogP contribution is -2.47. The van der Waals surface area contributed by atoms with Crippen LogP contribution in [0.3, 0.4) is 0 Å². The number of carbonyl (C=O) groups is 1. The largest absolute Gasteiger partial charge is 0.416 e. The number of hydrogen-bond donors (Lipinski definition) is 2. The van der Waals surface area contributed by atoms with E-state index in [1.807, 2.05) is 0 Å². The zero-order valence-corrected chi connectivity index (χ0v) is 26.0. The second-order valence-corrected chi connectivity index (χ2v) is 13.2. The average Bonchev–Trinajstić information content (AvgIpc) is 3.06. The van der Waals surface area contributed by atoms with Crippen LogP contribution in [0.5, 0.6) is 0 Å². The topological polar surface area (TPSA) is 122 Å². The van der Waals surface area contributed by atoms with Crippen molar-refractivity contribution in [2.75, 3.05) is 30.4 Å². The van der Waals surface area contributed by atoms with Gasteiger partial charge >= 0.3 is 12.3 Å². The van der Waals surface area contributed by atoms with Crippen LogP contribution < -0.4 is 10.2 Å². The van der Waals surface area contributed by atoms with Gasteiger partial charge in [-0.1, -0.05) is 38.1 Å². The Hall–Kier alpha value is -3.69. The third-order valence-electron chi connectivity index (χ3n) is 7.98. The number of nitrogens with zero attached hydrogens (tertiary/aromatic N) is 3. The predicted octanol–water partition coefficient (Wildman–Crippen LogP) is 5.52. The molecular formula is C31H35F5N4O5S. The Labute approximate surface area is 263 Å². The highest BCUT2D eigenvalue weighted by Gasteiger charge is 2.36. The predicted molar refractivity (Wildman–Crippen MR) is 159 cm³/mol. The Morgan fingerprint density at radius 2 is 1.65 bits per heavy atom. The first kappa shape index (κ1) is 35.2. The molecular weight excluding hydrogens is 635 g/mol. The molecule has 0 saturated carbocycles. The van der Waals surface area contributed by atoms with Crippen molar-refractivity contribution in [2.24, 2.45) is 0 Å². The maximum Gasteiger partial charge on any atom is 0.416 e. The molecule has 2 aromatic carbocycles. The van der Waals surface area contributed by atoms with Crippen molar-refractivity contribution in [1.29, 1.82) is 0 Å². The van der Waals surface area contributed by atoms with Gasteiger partial charge in [-0.2, -0.15) is 22.0 Å². The van der Waals surface area contributed by atoms with Gasteiger partial charge in [0.25, 0.3) is 5.91 Å². The summed E-state index contributed by atoms with van der Waals surface area (Å²) in [7, 11) is -3.43. The van der Waals surface area contributed by atoms with E-state index in [-0.39, 0.29) is 41.2 Å². The molecule has 0 spiro atoms. The molecule has 1 fully saturated rings. The molecule has 9 nitrogen and oxygen atoms in total. The quantitative estimate of drug-likeness (QED) is 0.242. The first-order valence-corrected chi connectivity index (χ1v) is 16.3. The lowest BCUT2D eigenvalue weighted by atomic mass is 9.87. The lowest BCUT2D eigenvalue weighted by molar-refractivity contribution is -0.242. The molecule has 15 heteroatoms. The van der Waals surface area contributed by atoms with Crippen LogP contribution in [0.2, 0.25) is 0 Å². The van der Waals surface area contributed by atoms with E-state index < -0.39 is 58.7 Å². The smallest absolute Gasteiger partial charge is 0.394 e. The van der Waals surface area contributed by atoms with Gasteiger partial charge in [0.15, 0.2) is 9.84 Å². The number of sulfone groups is 1. The van der Waals surface area contributed by atoms with Gasteiger partial charge in [-0.3, -0.25) is 4.79 Å². The van der Waals surface area contributed by atoms with Gasteiger partial charge < -0.3 is 20.1 Å². The second-order valence-electron chi connectivity index (χ2n) is 11.0. The molecule has 3 atom stereocenters. The summed E-state index contributed by atoms with van der Waals surface area (Å²) in [5, 5.41) is 12.6. The third kappa shape index (κ3) is 8.56. The number of aliphatic hydroxyl groups excluding tert-OH is 1. The maximum atomic E-state index is 13.9. The van der Waals surface area contributed by atoms with Crippen molar-refractivity contribution in [1.82, 2.24) is 15.3 Å². The molecule has 1 saturated heterocycles. The van der Waals surface area contributed by atoms with Crippen LogP contribution in [0, 0.1) is 0 Å². The normalized spacial score (nSPS) is 18.3. The minimum absolute atomic E-state index is 0.0361. The highest BCUT2D eigenvalue weighted by Crippen LogP contribution is 2.35. The van der Waals surface area contributed by atoms with Crippen molar-refractivity contribution >= 4 is 21.7 Å². The zero-order valence-electron chi connectivity index (χ0n) is 25.2. The molecule has 0 unspecified atom stereocenters. The summed E-state index contributed by atoms with van der Waals surface area (Å²) in [4.78, 5) is 23.4. The van der Waals surface area contributed by atoms with Gasteiger partial charge in [0.1, 0.15) is 0 Å². The molecule has 1 amide bonds. The number of carbonyl (C=O) groups excluding carboxylic acids is 1. The SMILES string of the molecule is CCC(F)(F)OC[C@@H]1CC[C@H](c2ccc(C(F)(F)F)cc2)CN1c1ncc(C(=O)N[C@@H](CO)c2ccc(S(=O)(=O)CC)cc2)cn1. The number of piperidine rings is 1. The van der Waals surface area contributed by atoms with Crippen LogP contribution in [0.4, 0.5) is 27.9 Å². The Morgan fingerprint density at radius 1 is 1.02 bits per heavy atom. The van der Waals surface area contributed by atoms with Crippen LogP contribution in [0.25, 0.3) is 0 Å². The van der Waals surface area contributed by atoms with E-state index in [4.69, 9.17) is 4.74 Å². The summed E-state index contributed by atoms with van der Waals surface area (Å²) < 4.78 is 96.2. The van der Waals surface area contributed by atoms with Crippen LogP contribution >= 0.6 is 0 Å². The van der Waals surface area contributed by atoms with Gasteiger partial charge in [-0.25, -0.2) is 18.4 Å². The van der Waals surface area contributed by atoms with Crippen molar-refractivity contribution in [3.63, 3.8) is 0 Å². The summed E-state index contributed by atoms with van der Waals surface area (Å²) in [6.45, 7) is 2.20. The van der Waals surface area contributed by atoms with E-state index in [2.05, 4.69) is 15.3 Å². The number of aliphatic hydroxyl groups is 1. The molecule has 2 N–H and O–H groups in total. The van der Waals surface area contributed by atoms with Gasteiger partial charge in [-0.15, -0.1) is 0 Å². The van der Waals surface area contributed by atoms with Gasteiger partial charge in [-0.05, 0) is 48.2 Å². The van der Waals surface area contributed by atoms with E-state index in [9.17, 15) is 40.3 Å². The number of hydrogen-bond acceptors (Lipinski definition) is 8. The number of rotatable bonds is 12. The molecule has 0 aliphatic carbocycles. The number of ether oxygens (including phenoxy) is 1. The number of nitrogens with one attached hydrogen (secondary N) is 1. The monoisotopic (exact) mass is 670 g/mol. The fourth-order valence-electron chi connectivity index (χ4n) is 5.12. The molecule has 1 aliphatic rings. The number of amides is 1. The molecule has 4 rings (SSSR count). The second kappa shape index (κ2) is 14.4. The molecule has 250 valence electrons. The lowest BCUT2D eigenvalue weighted by Gasteiger charge is -2.40. The minimum Gasteiger partial charge on any atom is -0.394 e. The summed E-state index contributed by atoms with van der Waals surface area (Å²) in [6.07, 6.45) is -4.99. The minimum atomic E-state index is -4.48. The first-order chi connectivity index (χ1) is 21.7. The fraction of sp³-hybridized carbons (Fsp3) is 0.452. The zero-order chi connectivity index (χ0) is 33.7. The molecule has 0 bridgehead atoms. The number of anilines is 1. The van der Waals surface area contributed by atoms with E-state index >= 15 is 0 Å². The Balaban J connectivity index is 1.51. The molecule has 2 heterocycles.